The van der Waals surface area contributed by atoms with Gasteiger partial charge in [0.2, 0.25) is 0 Å². The van der Waals surface area contributed by atoms with Gasteiger partial charge in [-0.05, 0) is 27.7 Å². The Kier molecular flexibility index (Phi) is 2.71. The van der Waals surface area contributed by atoms with Gasteiger partial charge >= 0.3 is 0 Å². The van der Waals surface area contributed by atoms with Gasteiger partial charge in [-0.2, -0.15) is 0 Å². The molecule has 0 saturated heterocycles. The SMILES string of the molecule is C=C(C)NOC(C)(C)C. The zero-order chi connectivity index (χ0) is 7.49. The molecule has 0 amide bonds. The molecule has 0 saturated carbocycles. The second kappa shape index (κ2) is 2.87. The first kappa shape index (κ1) is 8.50. The Hall–Kier alpha value is -0.500. The summed E-state index contributed by atoms with van der Waals surface area (Å²) in [6.45, 7) is 11.4. The number of rotatable bonds is 2. The largest absolute Gasteiger partial charge is 0.272 e. The molecule has 54 valence electrons. The topological polar surface area (TPSA) is 21.3 Å². The van der Waals surface area contributed by atoms with E-state index in [0.29, 0.717) is 0 Å². The molecule has 9 heavy (non-hydrogen) atoms. The summed E-state index contributed by atoms with van der Waals surface area (Å²) in [4.78, 5) is 5.14. The van der Waals surface area contributed by atoms with E-state index in [9.17, 15) is 0 Å². The van der Waals surface area contributed by atoms with Crippen molar-refractivity contribution in [3.63, 3.8) is 0 Å². The van der Waals surface area contributed by atoms with Crippen LogP contribution in [0.4, 0.5) is 0 Å². The van der Waals surface area contributed by atoms with Gasteiger partial charge in [-0.3, -0.25) is 10.3 Å². The maximum absolute atomic E-state index is 5.14. The lowest BCUT2D eigenvalue weighted by Crippen LogP contribution is -2.27. The van der Waals surface area contributed by atoms with E-state index < -0.39 is 0 Å². The van der Waals surface area contributed by atoms with Crippen molar-refractivity contribution in [3.05, 3.63) is 12.3 Å². The smallest absolute Gasteiger partial charge is 0.0876 e. The van der Waals surface area contributed by atoms with E-state index in [1.54, 1.807) is 0 Å². The van der Waals surface area contributed by atoms with Crippen LogP contribution in [0.1, 0.15) is 27.7 Å². The van der Waals surface area contributed by atoms with Crippen LogP contribution in [0.15, 0.2) is 12.3 Å². The Bertz CT molecular complexity index is 102. The maximum atomic E-state index is 5.14. The van der Waals surface area contributed by atoms with Crippen LogP contribution >= 0.6 is 0 Å². The van der Waals surface area contributed by atoms with Crippen LogP contribution in [0.2, 0.25) is 0 Å². The van der Waals surface area contributed by atoms with Crippen LogP contribution in [-0.2, 0) is 4.84 Å². The fourth-order valence-corrected chi connectivity index (χ4v) is 0.240. The monoisotopic (exact) mass is 129 g/mol. The highest BCUT2D eigenvalue weighted by molar-refractivity contribution is 4.80. The van der Waals surface area contributed by atoms with Crippen LogP contribution in [0.25, 0.3) is 0 Å². The van der Waals surface area contributed by atoms with Gasteiger partial charge in [-0.25, -0.2) is 0 Å². The minimum absolute atomic E-state index is 0.140. The highest BCUT2D eigenvalue weighted by Crippen LogP contribution is 2.03. The van der Waals surface area contributed by atoms with Crippen LogP contribution in [-0.4, -0.2) is 5.60 Å². The molecule has 0 unspecified atom stereocenters. The molecule has 0 aliphatic heterocycles. The zero-order valence-electron chi connectivity index (χ0n) is 6.62. The number of hydroxylamine groups is 1. The van der Waals surface area contributed by atoms with Gasteiger partial charge in [-0.15, -0.1) is 0 Å². The Balaban J connectivity index is 3.39. The van der Waals surface area contributed by atoms with E-state index in [0.717, 1.165) is 5.70 Å². The summed E-state index contributed by atoms with van der Waals surface area (Å²) < 4.78 is 0. The summed E-state index contributed by atoms with van der Waals surface area (Å²) in [6, 6.07) is 0. The molecule has 0 radical (unpaired) electrons. The molecular formula is C7H15NO. The predicted molar refractivity (Wildman–Crippen MR) is 38.8 cm³/mol. The standard InChI is InChI=1S/C7H15NO/c1-6(2)8-9-7(3,4)5/h8H,1H2,2-5H3. The van der Waals surface area contributed by atoms with Crippen molar-refractivity contribution in [2.24, 2.45) is 0 Å². The lowest BCUT2D eigenvalue weighted by molar-refractivity contribution is -0.0575. The third-order valence-corrected chi connectivity index (χ3v) is 0.531. The van der Waals surface area contributed by atoms with Gasteiger partial charge in [0.1, 0.15) is 0 Å². The minimum Gasteiger partial charge on any atom is -0.272 e. The van der Waals surface area contributed by atoms with Crippen molar-refractivity contribution in [2.45, 2.75) is 33.3 Å². The minimum atomic E-state index is -0.140. The molecule has 0 aromatic heterocycles. The molecule has 0 aliphatic rings. The van der Waals surface area contributed by atoms with Crippen molar-refractivity contribution in [1.29, 1.82) is 0 Å². The van der Waals surface area contributed by atoms with Crippen molar-refractivity contribution in [1.82, 2.24) is 5.48 Å². The average molecular weight is 129 g/mol. The molecule has 1 N–H and O–H groups in total. The van der Waals surface area contributed by atoms with Crippen molar-refractivity contribution < 1.29 is 4.84 Å². The highest BCUT2D eigenvalue weighted by Gasteiger charge is 2.09. The molecule has 0 spiro atoms. The molecule has 0 fully saturated rings. The third-order valence-electron chi connectivity index (χ3n) is 0.531. The summed E-state index contributed by atoms with van der Waals surface area (Å²) in [7, 11) is 0. The van der Waals surface area contributed by atoms with Crippen LogP contribution in [0.5, 0.6) is 0 Å². The normalized spacial score (nSPS) is 11.1. The molecular weight excluding hydrogens is 114 g/mol. The van der Waals surface area contributed by atoms with E-state index >= 15 is 0 Å². The van der Waals surface area contributed by atoms with E-state index in [1.807, 2.05) is 27.7 Å². The van der Waals surface area contributed by atoms with Crippen LogP contribution in [0, 0.1) is 0 Å². The Morgan fingerprint density at radius 3 is 2.00 bits per heavy atom. The fourth-order valence-electron chi connectivity index (χ4n) is 0.240. The van der Waals surface area contributed by atoms with E-state index in [2.05, 4.69) is 12.1 Å². The highest BCUT2D eigenvalue weighted by atomic mass is 16.7. The van der Waals surface area contributed by atoms with Crippen molar-refractivity contribution in [3.8, 4) is 0 Å². The zero-order valence-corrected chi connectivity index (χ0v) is 6.62. The first-order valence-corrected chi connectivity index (χ1v) is 3.01. The first-order chi connectivity index (χ1) is 3.92. The second-order valence-corrected chi connectivity index (χ2v) is 3.10. The second-order valence-electron chi connectivity index (χ2n) is 3.10. The summed E-state index contributed by atoms with van der Waals surface area (Å²) in [5.41, 5.74) is 3.38. The van der Waals surface area contributed by atoms with Gasteiger partial charge in [-0.1, -0.05) is 6.58 Å². The van der Waals surface area contributed by atoms with Gasteiger partial charge in [0.25, 0.3) is 0 Å². The van der Waals surface area contributed by atoms with E-state index in [-0.39, 0.29) is 5.60 Å². The molecule has 0 rings (SSSR count). The number of allylic oxidation sites excluding steroid dienone is 1. The maximum Gasteiger partial charge on any atom is 0.0876 e. The Morgan fingerprint density at radius 1 is 1.44 bits per heavy atom. The molecule has 0 aliphatic carbocycles. The molecule has 0 aromatic carbocycles. The van der Waals surface area contributed by atoms with Gasteiger partial charge in [0, 0.05) is 5.70 Å². The van der Waals surface area contributed by atoms with Gasteiger partial charge in [0.05, 0.1) is 5.60 Å². The first-order valence-electron chi connectivity index (χ1n) is 3.01. The van der Waals surface area contributed by atoms with Crippen molar-refractivity contribution in [2.75, 3.05) is 0 Å². The fraction of sp³-hybridized carbons (Fsp3) is 0.714. The van der Waals surface area contributed by atoms with Gasteiger partial charge in [0.15, 0.2) is 0 Å². The summed E-state index contributed by atoms with van der Waals surface area (Å²) >= 11 is 0. The summed E-state index contributed by atoms with van der Waals surface area (Å²) in [5, 5.41) is 0. The predicted octanol–water partition coefficient (Wildman–Crippen LogP) is 1.84. The molecule has 0 aromatic rings. The molecule has 2 nitrogen and oxygen atoms in total. The number of hydrogen-bond acceptors (Lipinski definition) is 2. The number of hydrogen-bond donors (Lipinski definition) is 1. The lowest BCUT2D eigenvalue weighted by Gasteiger charge is -2.19. The Morgan fingerprint density at radius 2 is 1.89 bits per heavy atom. The molecule has 0 atom stereocenters. The molecule has 0 bridgehead atoms. The van der Waals surface area contributed by atoms with E-state index in [4.69, 9.17) is 4.84 Å². The molecule has 0 heterocycles. The summed E-state index contributed by atoms with van der Waals surface area (Å²) in [6.07, 6.45) is 0. The average Bonchev–Trinajstić information content (AvgIpc) is 1.59. The van der Waals surface area contributed by atoms with Gasteiger partial charge < -0.3 is 0 Å². The lowest BCUT2D eigenvalue weighted by atomic mass is 10.2. The summed E-state index contributed by atoms with van der Waals surface area (Å²) in [5.74, 6) is 0. The molecule has 2 heteroatoms. The number of nitrogens with one attached hydrogen (secondary N) is 1. The third kappa shape index (κ3) is 7.50. The van der Waals surface area contributed by atoms with Crippen molar-refractivity contribution >= 4 is 0 Å². The van der Waals surface area contributed by atoms with E-state index in [1.165, 1.54) is 0 Å². The quantitative estimate of drug-likeness (QED) is 0.574. The van der Waals surface area contributed by atoms with Crippen LogP contribution < -0.4 is 5.48 Å². The van der Waals surface area contributed by atoms with Crippen LogP contribution in [0.3, 0.4) is 0 Å². The Labute approximate surface area is 56.9 Å².